The van der Waals surface area contributed by atoms with Gasteiger partial charge in [-0.25, -0.2) is 9.97 Å². The van der Waals surface area contributed by atoms with Gasteiger partial charge in [0.05, 0.1) is 5.69 Å². The Hall–Kier alpha value is -1.95. The van der Waals surface area contributed by atoms with E-state index in [2.05, 4.69) is 43.0 Å². The van der Waals surface area contributed by atoms with Gasteiger partial charge in [-0.15, -0.1) is 0 Å². The Bertz CT molecular complexity index is 706. The average molecular weight is 375 g/mol. The summed E-state index contributed by atoms with van der Waals surface area (Å²) in [5.74, 6) is 1.24. The second kappa shape index (κ2) is 7.08. The van der Waals surface area contributed by atoms with Crippen LogP contribution in [-0.2, 0) is 0 Å². The summed E-state index contributed by atoms with van der Waals surface area (Å²) in [5.41, 5.74) is 1.10. The molecule has 1 aromatic heterocycles. The number of piperidine rings is 1. The van der Waals surface area contributed by atoms with Gasteiger partial charge in [0.15, 0.2) is 0 Å². The highest BCUT2D eigenvalue weighted by molar-refractivity contribution is 9.10. The Morgan fingerprint density at radius 1 is 1.35 bits per heavy atom. The summed E-state index contributed by atoms with van der Waals surface area (Å²) in [5, 5.41) is 2.87. The fourth-order valence-electron chi connectivity index (χ4n) is 2.79. The van der Waals surface area contributed by atoms with Crippen LogP contribution in [0.25, 0.3) is 0 Å². The minimum atomic E-state index is -0.231. The molecule has 1 unspecified atom stereocenters. The van der Waals surface area contributed by atoms with Crippen LogP contribution in [0.2, 0.25) is 0 Å². The Morgan fingerprint density at radius 2 is 2.17 bits per heavy atom. The SMILES string of the molecule is CC1CCCN(c2cc(C(=O)Nc3ccccc3Br)ncn2)C1. The van der Waals surface area contributed by atoms with Gasteiger partial charge in [0.2, 0.25) is 0 Å². The van der Waals surface area contributed by atoms with Gasteiger partial charge in [0, 0.05) is 23.6 Å². The molecule has 0 saturated carbocycles. The number of aromatic nitrogens is 2. The van der Waals surface area contributed by atoms with Crippen LogP contribution >= 0.6 is 15.9 Å². The number of benzene rings is 1. The molecule has 0 aliphatic carbocycles. The van der Waals surface area contributed by atoms with Crippen molar-refractivity contribution in [3.8, 4) is 0 Å². The second-order valence-electron chi connectivity index (χ2n) is 5.89. The van der Waals surface area contributed by atoms with E-state index < -0.39 is 0 Å². The number of carbonyl (C=O) groups is 1. The first-order chi connectivity index (χ1) is 11.1. The number of nitrogens with zero attached hydrogens (tertiary/aromatic N) is 3. The maximum absolute atomic E-state index is 12.4. The molecule has 1 atom stereocenters. The van der Waals surface area contributed by atoms with Gasteiger partial charge in [-0.05, 0) is 46.8 Å². The van der Waals surface area contributed by atoms with Crippen LogP contribution in [0.1, 0.15) is 30.3 Å². The molecule has 0 spiro atoms. The normalized spacial score (nSPS) is 17.8. The van der Waals surface area contributed by atoms with Crippen LogP contribution in [0.15, 0.2) is 41.1 Å². The van der Waals surface area contributed by atoms with Gasteiger partial charge in [-0.1, -0.05) is 19.1 Å². The highest BCUT2D eigenvalue weighted by atomic mass is 79.9. The maximum atomic E-state index is 12.4. The molecule has 1 N–H and O–H groups in total. The zero-order valence-electron chi connectivity index (χ0n) is 13.0. The third-order valence-electron chi connectivity index (χ3n) is 3.99. The first kappa shape index (κ1) is 15.9. The molecule has 0 radical (unpaired) electrons. The molecular weight excluding hydrogens is 356 g/mol. The lowest BCUT2D eigenvalue weighted by atomic mass is 10.0. The number of rotatable bonds is 3. The quantitative estimate of drug-likeness (QED) is 0.888. The summed E-state index contributed by atoms with van der Waals surface area (Å²) in [6, 6.07) is 9.28. The monoisotopic (exact) mass is 374 g/mol. The van der Waals surface area contributed by atoms with Crippen molar-refractivity contribution in [2.45, 2.75) is 19.8 Å². The van der Waals surface area contributed by atoms with Gasteiger partial charge >= 0.3 is 0 Å². The summed E-state index contributed by atoms with van der Waals surface area (Å²) in [6.07, 6.45) is 3.87. The Kier molecular flexibility index (Phi) is 4.91. The number of nitrogens with one attached hydrogen (secondary N) is 1. The van der Waals surface area contributed by atoms with Gasteiger partial charge in [-0.2, -0.15) is 0 Å². The van der Waals surface area contributed by atoms with Gasteiger partial charge in [0.1, 0.15) is 17.8 Å². The zero-order chi connectivity index (χ0) is 16.2. The highest BCUT2D eigenvalue weighted by Gasteiger charge is 2.19. The number of halogens is 1. The molecule has 5 nitrogen and oxygen atoms in total. The number of hydrogen-bond donors (Lipinski definition) is 1. The first-order valence-electron chi connectivity index (χ1n) is 7.76. The van der Waals surface area contributed by atoms with Gasteiger partial charge in [0.25, 0.3) is 5.91 Å². The summed E-state index contributed by atoms with van der Waals surface area (Å²) < 4.78 is 0.840. The van der Waals surface area contributed by atoms with E-state index in [-0.39, 0.29) is 5.91 Å². The molecule has 1 saturated heterocycles. The average Bonchev–Trinajstić information content (AvgIpc) is 2.57. The molecular formula is C17H19BrN4O. The summed E-state index contributed by atoms with van der Waals surface area (Å²) in [7, 11) is 0. The van der Waals surface area contributed by atoms with Crippen molar-refractivity contribution in [1.29, 1.82) is 0 Å². The highest BCUT2D eigenvalue weighted by Crippen LogP contribution is 2.23. The lowest BCUT2D eigenvalue weighted by Crippen LogP contribution is -2.35. The predicted molar refractivity (Wildman–Crippen MR) is 94.7 cm³/mol. The molecule has 1 aliphatic heterocycles. The van der Waals surface area contributed by atoms with E-state index in [1.54, 1.807) is 6.07 Å². The molecule has 1 aliphatic rings. The Morgan fingerprint density at radius 3 is 2.96 bits per heavy atom. The number of amides is 1. The van der Waals surface area contributed by atoms with E-state index in [4.69, 9.17) is 0 Å². The number of anilines is 2. The maximum Gasteiger partial charge on any atom is 0.274 e. The summed E-state index contributed by atoms with van der Waals surface area (Å²) in [6.45, 7) is 4.20. The lowest BCUT2D eigenvalue weighted by Gasteiger charge is -2.31. The molecule has 1 aromatic carbocycles. The molecule has 0 bridgehead atoms. The fourth-order valence-corrected chi connectivity index (χ4v) is 3.17. The zero-order valence-corrected chi connectivity index (χ0v) is 14.6. The molecule has 6 heteroatoms. The molecule has 23 heavy (non-hydrogen) atoms. The third-order valence-corrected chi connectivity index (χ3v) is 4.68. The standard InChI is InChI=1S/C17H19BrN4O/c1-12-5-4-8-22(10-12)16-9-15(19-11-20-16)17(23)21-14-7-3-2-6-13(14)18/h2-3,6-7,9,11-12H,4-5,8,10H2,1H3,(H,21,23). The Balaban J connectivity index is 1.76. The minimum Gasteiger partial charge on any atom is -0.356 e. The van der Waals surface area contributed by atoms with Gasteiger partial charge in [-0.3, -0.25) is 4.79 Å². The van der Waals surface area contributed by atoms with Crippen molar-refractivity contribution >= 4 is 33.3 Å². The number of carbonyl (C=O) groups excluding carboxylic acids is 1. The predicted octanol–water partition coefficient (Wildman–Crippen LogP) is 3.73. The van der Waals surface area contributed by atoms with Crippen LogP contribution < -0.4 is 10.2 Å². The molecule has 2 aromatic rings. The second-order valence-corrected chi connectivity index (χ2v) is 6.74. The van der Waals surface area contributed by atoms with Gasteiger partial charge < -0.3 is 10.2 Å². The van der Waals surface area contributed by atoms with Crippen molar-refractivity contribution < 1.29 is 4.79 Å². The van der Waals surface area contributed by atoms with Crippen molar-refractivity contribution in [3.05, 3.63) is 46.8 Å². The van der Waals surface area contributed by atoms with E-state index in [0.29, 0.717) is 11.6 Å². The van der Waals surface area contributed by atoms with E-state index in [9.17, 15) is 4.79 Å². The Labute approximate surface area is 144 Å². The topological polar surface area (TPSA) is 58.1 Å². The number of hydrogen-bond acceptors (Lipinski definition) is 4. The van der Waals surface area contributed by atoms with Crippen LogP contribution in [0.3, 0.4) is 0 Å². The lowest BCUT2D eigenvalue weighted by molar-refractivity contribution is 0.102. The minimum absolute atomic E-state index is 0.231. The van der Waals surface area contributed by atoms with E-state index in [1.807, 2.05) is 24.3 Å². The third kappa shape index (κ3) is 3.88. The van der Waals surface area contributed by atoms with Crippen molar-refractivity contribution in [3.63, 3.8) is 0 Å². The van der Waals surface area contributed by atoms with Crippen LogP contribution in [0.4, 0.5) is 11.5 Å². The molecule has 120 valence electrons. The van der Waals surface area contributed by atoms with Crippen LogP contribution in [-0.4, -0.2) is 29.0 Å². The van der Waals surface area contributed by atoms with E-state index >= 15 is 0 Å². The fraction of sp³-hybridized carbons (Fsp3) is 0.353. The first-order valence-corrected chi connectivity index (χ1v) is 8.55. The smallest absolute Gasteiger partial charge is 0.274 e. The molecule has 1 fully saturated rings. The van der Waals surface area contributed by atoms with Crippen molar-refractivity contribution in [2.75, 3.05) is 23.3 Å². The molecule has 3 rings (SSSR count). The molecule has 1 amide bonds. The van der Waals surface area contributed by atoms with Crippen molar-refractivity contribution in [1.82, 2.24) is 9.97 Å². The van der Waals surface area contributed by atoms with Crippen LogP contribution in [0.5, 0.6) is 0 Å². The number of para-hydroxylation sites is 1. The largest absolute Gasteiger partial charge is 0.356 e. The molecule has 2 heterocycles. The summed E-state index contributed by atoms with van der Waals surface area (Å²) >= 11 is 3.43. The van der Waals surface area contributed by atoms with Crippen LogP contribution in [0, 0.1) is 5.92 Å². The summed E-state index contributed by atoms with van der Waals surface area (Å²) in [4.78, 5) is 23.1. The van der Waals surface area contributed by atoms with E-state index in [1.165, 1.54) is 12.7 Å². The van der Waals surface area contributed by atoms with Crippen molar-refractivity contribution in [2.24, 2.45) is 5.92 Å². The van der Waals surface area contributed by atoms with E-state index in [0.717, 1.165) is 35.5 Å².